The first-order chi connectivity index (χ1) is 13.7. The average molecular weight is 375 g/mol. The van der Waals surface area contributed by atoms with E-state index in [9.17, 15) is 9.59 Å². The number of hydrogen-bond acceptors (Lipinski definition) is 3. The largest absolute Gasteiger partial charge is 0.459 e. The summed E-state index contributed by atoms with van der Waals surface area (Å²) >= 11 is 0. The minimum absolute atomic E-state index is 0.139. The van der Waals surface area contributed by atoms with Crippen LogP contribution in [0.1, 0.15) is 10.6 Å². The van der Waals surface area contributed by atoms with Crippen molar-refractivity contribution in [2.24, 2.45) is 0 Å². The van der Waals surface area contributed by atoms with E-state index in [-0.39, 0.29) is 11.9 Å². The SMILES string of the molecule is O=C(Nc1ccccc1-c1ccccc1)N1CCN(C(=O)c2ccco2)CC1. The van der Waals surface area contributed by atoms with Gasteiger partial charge in [-0.3, -0.25) is 4.79 Å². The molecular weight excluding hydrogens is 354 g/mol. The van der Waals surface area contributed by atoms with Crippen molar-refractivity contribution in [1.29, 1.82) is 0 Å². The van der Waals surface area contributed by atoms with E-state index in [0.717, 1.165) is 16.8 Å². The molecular formula is C22H21N3O3. The zero-order valence-corrected chi connectivity index (χ0v) is 15.4. The van der Waals surface area contributed by atoms with Crippen LogP contribution in [0.4, 0.5) is 10.5 Å². The van der Waals surface area contributed by atoms with Gasteiger partial charge < -0.3 is 19.5 Å². The lowest BCUT2D eigenvalue weighted by molar-refractivity contribution is 0.0640. The number of furan rings is 1. The van der Waals surface area contributed by atoms with E-state index in [1.807, 2.05) is 54.6 Å². The molecule has 0 radical (unpaired) electrons. The number of benzene rings is 2. The lowest BCUT2D eigenvalue weighted by atomic mass is 10.0. The molecule has 6 heteroatoms. The van der Waals surface area contributed by atoms with Crippen molar-refractivity contribution in [2.45, 2.75) is 0 Å². The fourth-order valence-electron chi connectivity index (χ4n) is 3.32. The predicted octanol–water partition coefficient (Wildman–Crippen LogP) is 3.94. The molecule has 0 aliphatic carbocycles. The number of amides is 3. The van der Waals surface area contributed by atoms with E-state index in [0.29, 0.717) is 31.9 Å². The molecule has 0 bridgehead atoms. The molecule has 28 heavy (non-hydrogen) atoms. The Hall–Kier alpha value is -3.54. The standard InChI is InChI=1S/C22H21N3O3/c26-21(20-11-6-16-28-20)24-12-14-25(15-13-24)22(27)23-19-10-5-4-9-18(19)17-7-2-1-3-8-17/h1-11,16H,12-15H2,(H,23,27). The number of carbonyl (C=O) groups is 2. The van der Waals surface area contributed by atoms with Gasteiger partial charge >= 0.3 is 6.03 Å². The summed E-state index contributed by atoms with van der Waals surface area (Å²) in [6.45, 7) is 1.91. The summed E-state index contributed by atoms with van der Waals surface area (Å²) in [7, 11) is 0. The minimum Gasteiger partial charge on any atom is -0.459 e. The summed E-state index contributed by atoms with van der Waals surface area (Å²) < 4.78 is 5.17. The summed E-state index contributed by atoms with van der Waals surface area (Å²) in [5.41, 5.74) is 2.79. The first-order valence-electron chi connectivity index (χ1n) is 9.25. The maximum Gasteiger partial charge on any atom is 0.321 e. The fraction of sp³-hybridized carbons (Fsp3) is 0.182. The first-order valence-corrected chi connectivity index (χ1v) is 9.25. The van der Waals surface area contributed by atoms with Crippen LogP contribution < -0.4 is 5.32 Å². The lowest BCUT2D eigenvalue weighted by Gasteiger charge is -2.34. The highest BCUT2D eigenvalue weighted by Gasteiger charge is 2.26. The molecule has 142 valence electrons. The van der Waals surface area contributed by atoms with E-state index in [4.69, 9.17) is 4.42 Å². The van der Waals surface area contributed by atoms with Crippen LogP contribution >= 0.6 is 0 Å². The van der Waals surface area contributed by atoms with Crippen LogP contribution in [0.3, 0.4) is 0 Å². The Labute approximate surface area is 163 Å². The summed E-state index contributed by atoms with van der Waals surface area (Å²) in [4.78, 5) is 28.5. The number of carbonyl (C=O) groups excluding carboxylic acids is 2. The molecule has 0 spiro atoms. The number of para-hydroxylation sites is 1. The van der Waals surface area contributed by atoms with E-state index < -0.39 is 0 Å². The molecule has 2 aromatic carbocycles. The van der Waals surface area contributed by atoms with Crippen molar-refractivity contribution in [3.63, 3.8) is 0 Å². The zero-order chi connectivity index (χ0) is 19.3. The van der Waals surface area contributed by atoms with Crippen molar-refractivity contribution in [3.05, 3.63) is 78.8 Å². The van der Waals surface area contributed by atoms with Crippen LogP contribution in [0.5, 0.6) is 0 Å². The first kappa shape index (κ1) is 17.9. The molecule has 0 atom stereocenters. The van der Waals surface area contributed by atoms with Gasteiger partial charge in [-0.15, -0.1) is 0 Å². The fourth-order valence-corrected chi connectivity index (χ4v) is 3.32. The number of piperazine rings is 1. The van der Waals surface area contributed by atoms with Crippen molar-refractivity contribution < 1.29 is 14.0 Å². The quantitative estimate of drug-likeness (QED) is 0.754. The zero-order valence-electron chi connectivity index (χ0n) is 15.4. The molecule has 6 nitrogen and oxygen atoms in total. The van der Waals surface area contributed by atoms with Gasteiger partial charge in [0.25, 0.3) is 5.91 Å². The van der Waals surface area contributed by atoms with E-state index in [2.05, 4.69) is 5.32 Å². The average Bonchev–Trinajstić information content (AvgIpc) is 3.29. The maximum atomic E-state index is 12.7. The van der Waals surface area contributed by atoms with Crippen molar-refractivity contribution in [3.8, 4) is 11.1 Å². The molecule has 4 rings (SSSR count). The predicted molar refractivity (Wildman–Crippen MR) is 107 cm³/mol. The number of nitrogens with zero attached hydrogens (tertiary/aromatic N) is 2. The van der Waals surface area contributed by atoms with Crippen LogP contribution in [0.25, 0.3) is 11.1 Å². The van der Waals surface area contributed by atoms with Gasteiger partial charge in [-0.05, 0) is 23.8 Å². The van der Waals surface area contributed by atoms with Crippen molar-refractivity contribution >= 4 is 17.6 Å². The van der Waals surface area contributed by atoms with Gasteiger partial charge in [0.2, 0.25) is 0 Å². The summed E-state index contributed by atoms with van der Waals surface area (Å²) in [5, 5.41) is 3.02. The lowest BCUT2D eigenvalue weighted by Crippen LogP contribution is -2.51. The second-order valence-electron chi connectivity index (χ2n) is 6.60. The third-order valence-corrected chi connectivity index (χ3v) is 4.84. The van der Waals surface area contributed by atoms with Crippen molar-refractivity contribution in [2.75, 3.05) is 31.5 Å². The topological polar surface area (TPSA) is 65.8 Å². The summed E-state index contributed by atoms with van der Waals surface area (Å²) in [5.74, 6) is 0.189. The molecule has 1 N–H and O–H groups in total. The van der Waals surface area contributed by atoms with E-state index >= 15 is 0 Å². The third kappa shape index (κ3) is 3.76. The van der Waals surface area contributed by atoms with Gasteiger partial charge in [0.05, 0.1) is 12.0 Å². The number of urea groups is 1. The molecule has 1 aliphatic rings. The van der Waals surface area contributed by atoms with Crippen LogP contribution in [-0.4, -0.2) is 47.9 Å². The molecule has 1 aliphatic heterocycles. The van der Waals surface area contributed by atoms with Gasteiger partial charge in [-0.1, -0.05) is 48.5 Å². The van der Waals surface area contributed by atoms with Gasteiger partial charge in [-0.25, -0.2) is 4.79 Å². The molecule has 3 amide bonds. The molecule has 1 aromatic heterocycles. The van der Waals surface area contributed by atoms with Crippen molar-refractivity contribution in [1.82, 2.24) is 9.80 Å². The normalized spacial score (nSPS) is 14.0. The van der Waals surface area contributed by atoms with Gasteiger partial charge in [0.15, 0.2) is 5.76 Å². The third-order valence-electron chi connectivity index (χ3n) is 4.84. The Morgan fingerprint density at radius 3 is 2.18 bits per heavy atom. The molecule has 0 unspecified atom stereocenters. The molecule has 1 saturated heterocycles. The Morgan fingerprint density at radius 2 is 1.46 bits per heavy atom. The minimum atomic E-state index is -0.159. The summed E-state index contributed by atoms with van der Waals surface area (Å²) in [6.07, 6.45) is 1.49. The smallest absolute Gasteiger partial charge is 0.321 e. The molecule has 0 saturated carbocycles. The van der Waals surface area contributed by atoms with Crippen LogP contribution in [0.2, 0.25) is 0 Å². The maximum absolute atomic E-state index is 12.7. The van der Waals surface area contributed by atoms with Crippen LogP contribution in [-0.2, 0) is 0 Å². The van der Waals surface area contributed by atoms with Gasteiger partial charge in [0.1, 0.15) is 0 Å². The van der Waals surface area contributed by atoms with E-state index in [1.165, 1.54) is 6.26 Å². The molecule has 1 fully saturated rings. The number of hydrogen-bond donors (Lipinski definition) is 1. The highest BCUT2D eigenvalue weighted by molar-refractivity contribution is 5.95. The molecule has 2 heterocycles. The highest BCUT2D eigenvalue weighted by atomic mass is 16.3. The van der Waals surface area contributed by atoms with E-state index in [1.54, 1.807) is 21.9 Å². The van der Waals surface area contributed by atoms with Gasteiger partial charge in [0, 0.05) is 31.7 Å². The Kier molecular flexibility index (Phi) is 5.10. The highest BCUT2D eigenvalue weighted by Crippen LogP contribution is 2.27. The molecule has 3 aromatic rings. The van der Waals surface area contributed by atoms with Gasteiger partial charge in [-0.2, -0.15) is 0 Å². The number of anilines is 1. The monoisotopic (exact) mass is 375 g/mol. The Bertz CT molecular complexity index is 946. The summed E-state index contributed by atoms with van der Waals surface area (Å²) in [6, 6.07) is 20.9. The van der Waals surface area contributed by atoms with Crippen LogP contribution in [0, 0.1) is 0 Å². The number of nitrogens with one attached hydrogen (secondary N) is 1. The second kappa shape index (κ2) is 8.00. The number of rotatable bonds is 3. The second-order valence-corrected chi connectivity index (χ2v) is 6.60. The van der Waals surface area contributed by atoms with Crippen LogP contribution in [0.15, 0.2) is 77.4 Å². The Morgan fingerprint density at radius 1 is 0.786 bits per heavy atom. The Balaban J connectivity index is 1.40.